The molecule has 3 aromatic carbocycles. The van der Waals surface area contributed by atoms with E-state index in [1.165, 1.54) is 5.56 Å². The van der Waals surface area contributed by atoms with Crippen LogP contribution in [0.4, 0.5) is 11.4 Å². The lowest BCUT2D eigenvalue weighted by atomic mass is 10.1. The highest BCUT2D eigenvalue weighted by Gasteiger charge is 2.09. The minimum absolute atomic E-state index is 0.182. The monoisotopic (exact) mass is 374 g/mol. The van der Waals surface area contributed by atoms with E-state index in [1.807, 2.05) is 24.3 Å². The van der Waals surface area contributed by atoms with Crippen molar-refractivity contribution in [2.45, 2.75) is 13.3 Å². The molecule has 3 aromatic rings. The van der Waals surface area contributed by atoms with E-state index in [0.717, 1.165) is 12.2 Å². The summed E-state index contributed by atoms with van der Waals surface area (Å²) in [7, 11) is 1.59. The lowest BCUT2D eigenvalue weighted by Crippen LogP contribution is -2.13. The van der Waals surface area contributed by atoms with Gasteiger partial charge in [-0.05, 0) is 72.6 Å². The highest BCUT2D eigenvalue weighted by atomic mass is 16.5. The number of hydrogen-bond acceptors (Lipinski definition) is 3. The molecule has 0 radical (unpaired) electrons. The van der Waals surface area contributed by atoms with Crippen molar-refractivity contribution in [1.82, 2.24) is 0 Å². The zero-order chi connectivity index (χ0) is 19.9. The number of benzene rings is 3. The normalized spacial score (nSPS) is 10.2. The van der Waals surface area contributed by atoms with Crippen LogP contribution >= 0.6 is 0 Å². The van der Waals surface area contributed by atoms with Crippen molar-refractivity contribution in [3.8, 4) is 5.75 Å². The molecule has 0 aliphatic heterocycles. The second kappa shape index (κ2) is 8.86. The number of methoxy groups -OCH3 is 1. The summed E-state index contributed by atoms with van der Waals surface area (Å²) in [6.45, 7) is 2.07. The quantitative estimate of drug-likeness (QED) is 0.653. The maximum absolute atomic E-state index is 12.4. The summed E-state index contributed by atoms with van der Waals surface area (Å²) in [5, 5.41) is 5.66. The second-order valence-electron chi connectivity index (χ2n) is 6.26. The van der Waals surface area contributed by atoms with E-state index in [1.54, 1.807) is 55.6 Å². The molecule has 5 nitrogen and oxygen atoms in total. The molecule has 0 saturated heterocycles. The molecule has 0 spiro atoms. The lowest BCUT2D eigenvalue weighted by Gasteiger charge is -2.08. The molecule has 0 aliphatic rings. The van der Waals surface area contributed by atoms with Crippen molar-refractivity contribution < 1.29 is 14.3 Å². The van der Waals surface area contributed by atoms with E-state index in [4.69, 9.17) is 4.74 Å². The number of ether oxygens (including phenoxy) is 1. The van der Waals surface area contributed by atoms with E-state index < -0.39 is 0 Å². The van der Waals surface area contributed by atoms with Crippen LogP contribution < -0.4 is 15.4 Å². The van der Waals surface area contributed by atoms with Crippen molar-refractivity contribution in [2.75, 3.05) is 17.7 Å². The summed E-state index contributed by atoms with van der Waals surface area (Å²) < 4.78 is 5.10. The van der Waals surface area contributed by atoms with Crippen LogP contribution in [0.2, 0.25) is 0 Å². The van der Waals surface area contributed by atoms with Crippen LogP contribution in [0, 0.1) is 0 Å². The van der Waals surface area contributed by atoms with Crippen molar-refractivity contribution in [3.63, 3.8) is 0 Å². The molecule has 2 N–H and O–H groups in total. The van der Waals surface area contributed by atoms with E-state index in [9.17, 15) is 9.59 Å². The average Bonchev–Trinajstić information content (AvgIpc) is 2.74. The third kappa shape index (κ3) is 4.76. The summed E-state index contributed by atoms with van der Waals surface area (Å²) in [5.74, 6) is 0.318. The van der Waals surface area contributed by atoms with Crippen LogP contribution in [0.5, 0.6) is 5.75 Å². The highest BCUT2D eigenvalue weighted by Crippen LogP contribution is 2.17. The first-order valence-corrected chi connectivity index (χ1v) is 9.05. The zero-order valence-corrected chi connectivity index (χ0v) is 15.9. The number of carbonyl (C=O) groups excluding carboxylic acids is 2. The molecule has 142 valence electrons. The van der Waals surface area contributed by atoms with Crippen LogP contribution in [0.15, 0.2) is 72.8 Å². The number of aryl methyl sites for hydroxylation is 1. The fraction of sp³-hybridized carbons (Fsp3) is 0.130. The van der Waals surface area contributed by atoms with Crippen molar-refractivity contribution in [2.24, 2.45) is 0 Å². The van der Waals surface area contributed by atoms with Gasteiger partial charge in [0.15, 0.2) is 0 Å². The fourth-order valence-electron chi connectivity index (χ4n) is 2.68. The summed E-state index contributed by atoms with van der Waals surface area (Å²) >= 11 is 0. The number of anilines is 2. The van der Waals surface area contributed by atoms with Crippen LogP contribution in [-0.2, 0) is 6.42 Å². The lowest BCUT2D eigenvalue weighted by molar-refractivity contribution is 0.102. The third-order valence-corrected chi connectivity index (χ3v) is 4.38. The minimum Gasteiger partial charge on any atom is -0.497 e. The van der Waals surface area contributed by atoms with Gasteiger partial charge in [0.05, 0.1) is 7.11 Å². The van der Waals surface area contributed by atoms with Gasteiger partial charge in [-0.1, -0.05) is 19.1 Å². The summed E-state index contributed by atoms with van der Waals surface area (Å²) in [4.78, 5) is 24.7. The molecule has 0 bridgehead atoms. The van der Waals surface area contributed by atoms with Gasteiger partial charge in [0.25, 0.3) is 11.8 Å². The number of rotatable bonds is 6. The smallest absolute Gasteiger partial charge is 0.255 e. The zero-order valence-electron chi connectivity index (χ0n) is 15.9. The van der Waals surface area contributed by atoms with Crippen LogP contribution in [0.1, 0.15) is 33.2 Å². The van der Waals surface area contributed by atoms with E-state index in [2.05, 4.69) is 17.6 Å². The number of nitrogens with one attached hydrogen (secondary N) is 2. The maximum Gasteiger partial charge on any atom is 0.255 e. The molecule has 0 atom stereocenters. The summed E-state index contributed by atoms with van der Waals surface area (Å²) in [6.07, 6.45) is 0.932. The Bertz CT molecular complexity index is 947. The van der Waals surface area contributed by atoms with Crippen molar-refractivity contribution in [1.29, 1.82) is 0 Å². The Kier molecular flexibility index (Phi) is 6.07. The van der Waals surface area contributed by atoms with Gasteiger partial charge in [-0.3, -0.25) is 9.59 Å². The van der Waals surface area contributed by atoms with E-state index in [0.29, 0.717) is 22.5 Å². The predicted octanol–water partition coefficient (Wildman–Crippen LogP) is 4.76. The third-order valence-electron chi connectivity index (χ3n) is 4.38. The van der Waals surface area contributed by atoms with Gasteiger partial charge >= 0.3 is 0 Å². The molecule has 0 aliphatic carbocycles. The molecule has 3 rings (SSSR count). The number of hydrogen-bond donors (Lipinski definition) is 2. The van der Waals surface area contributed by atoms with Crippen LogP contribution in [0.25, 0.3) is 0 Å². The molecule has 0 unspecified atom stereocenters. The van der Waals surface area contributed by atoms with E-state index >= 15 is 0 Å². The van der Waals surface area contributed by atoms with E-state index in [-0.39, 0.29) is 11.8 Å². The SMILES string of the molecule is CCc1ccc(C(=O)Nc2ccc(C(=O)Nc3ccc(OC)cc3)cc2)cc1. The summed E-state index contributed by atoms with van der Waals surface area (Å²) in [5.41, 5.74) is 3.59. The Balaban J connectivity index is 1.61. The van der Waals surface area contributed by atoms with Crippen LogP contribution in [0.3, 0.4) is 0 Å². The average molecular weight is 374 g/mol. The first kappa shape index (κ1) is 19.2. The molecular formula is C23H22N2O3. The van der Waals surface area contributed by atoms with Gasteiger partial charge in [-0.15, -0.1) is 0 Å². The molecule has 2 amide bonds. The van der Waals surface area contributed by atoms with Gasteiger partial charge in [-0.2, -0.15) is 0 Å². The molecule has 0 fully saturated rings. The second-order valence-corrected chi connectivity index (χ2v) is 6.26. The minimum atomic E-state index is -0.224. The number of carbonyl (C=O) groups is 2. The van der Waals surface area contributed by atoms with Gasteiger partial charge in [0, 0.05) is 22.5 Å². The Morgan fingerprint density at radius 3 is 1.57 bits per heavy atom. The Morgan fingerprint density at radius 2 is 1.14 bits per heavy atom. The highest BCUT2D eigenvalue weighted by molar-refractivity contribution is 6.06. The van der Waals surface area contributed by atoms with Gasteiger partial charge < -0.3 is 15.4 Å². The molecule has 0 heterocycles. The number of amides is 2. The van der Waals surface area contributed by atoms with Gasteiger partial charge in [0.1, 0.15) is 5.75 Å². The van der Waals surface area contributed by atoms with Crippen LogP contribution in [-0.4, -0.2) is 18.9 Å². The Hall–Kier alpha value is -3.60. The standard InChI is InChI=1S/C23H22N2O3/c1-3-16-4-6-17(7-5-16)22(26)24-19-10-8-18(9-11-19)23(27)25-20-12-14-21(28-2)15-13-20/h4-15H,3H2,1-2H3,(H,24,26)(H,25,27). The first-order valence-electron chi connectivity index (χ1n) is 9.05. The Morgan fingerprint density at radius 1 is 0.714 bits per heavy atom. The largest absolute Gasteiger partial charge is 0.497 e. The first-order chi connectivity index (χ1) is 13.6. The Labute approximate surface area is 164 Å². The predicted molar refractivity (Wildman–Crippen MR) is 111 cm³/mol. The molecule has 28 heavy (non-hydrogen) atoms. The summed E-state index contributed by atoms with van der Waals surface area (Å²) in [6, 6.07) is 21.4. The van der Waals surface area contributed by atoms with Gasteiger partial charge in [-0.25, -0.2) is 0 Å². The van der Waals surface area contributed by atoms with Gasteiger partial charge in [0.2, 0.25) is 0 Å². The fourth-order valence-corrected chi connectivity index (χ4v) is 2.68. The molecule has 0 saturated carbocycles. The topological polar surface area (TPSA) is 67.4 Å². The van der Waals surface area contributed by atoms with Crippen molar-refractivity contribution in [3.05, 3.63) is 89.5 Å². The molecular weight excluding hydrogens is 352 g/mol. The maximum atomic E-state index is 12.4. The molecule has 5 heteroatoms. The molecule has 0 aromatic heterocycles. The van der Waals surface area contributed by atoms with Crippen molar-refractivity contribution >= 4 is 23.2 Å².